The number of nitrogens with zero attached hydrogens (tertiary/aromatic N) is 3. The van der Waals surface area contributed by atoms with E-state index in [0.29, 0.717) is 22.1 Å². The summed E-state index contributed by atoms with van der Waals surface area (Å²) < 4.78 is 4.97. The van der Waals surface area contributed by atoms with Crippen molar-refractivity contribution in [3.05, 3.63) is 71.1 Å². The lowest BCUT2D eigenvalue weighted by atomic mass is 10.0. The van der Waals surface area contributed by atoms with Gasteiger partial charge in [0.2, 0.25) is 11.8 Å². The highest BCUT2D eigenvalue weighted by Gasteiger charge is 2.40. The molecule has 2 aromatic carbocycles. The lowest BCUT2D eigenvalue weighted by Gasteiger charge is -2.31. The summed E-state index contributed by atoms with van der Waals surface area (Å²) in [5.41, 5.74) is 1.43. The largest absolute Gasteiger partial charge is 0.462 e. The molecule has 35 heavy (non-hydrogen) atoms. The Bertz CT molecular complexity index is 1270. The Balaban J connectivity index is 1.57. The van der Waals surface area contributed by atoms with Crippen molar-refractivity contribution >= 4 is 69.3 Å². The smallest absolute Gasteiger partial charge is 0.338 e. The minimum absolute atomic E-state index is 0.0168. The number of rotatable bonds is 5. The van der Waals surface area contributed by atoms with Crippen LogP contribution < -0.4 is 10.2 Å². The van der Waals surface area contributed by atoms with E-state index in [9.17, 15) is 19.2 Å². The number of ether oxygens (including phenoxy) is 1. The molecule has 4 rings (SSSR count). The Kier molecular flexibility index (Phi) is 7.08. The molecule has 0 spiro atoms. The number of thiocarbonyl (C=S) groups is 1. The van der Waals surface area contributed by atoms with Crippen LogP contribution in [0.5, 0.6) is 0 Å². The molecule has 3 amide bonds. The third-order valence-corrected chi connectivity index (χ3v) is 6.50. The van der Waals surface area contributed by atoms with Gasteiger partial charge in [0, 0.05) is 7.05 Å². The Morgan fingerprint density at radius 2 is 1.83 bits per heavy atom. The maximum absolute atomic E-state index is 13.2. The second-order valence-corrected chi connectivity index (χ2v) is 8.84. The fourth-order valence-electron chi connectivity index (χ4n) is 3.37. The number of amidine groups is 1. The maximum atomic E-state index is 13.2. The number of hydrogen-bond donors (Lipinski definition) is 1. The van der Waals surface area contributed by atoms with E-state index in [-0.39, 0.29) is 16.6 Å². The van der Waals surface area contributed by atoms with Crippen molar-refractivity contribution in [3.63, 3.8) is 0 Å². The zero-order valence-corrected chi connectivity index (χ0v) is 20.4. The summed E-state index contributed by atoms with van der Waals surface area (Å²) in [5.74, 6) is -3.20. The number of benzene rings is 2. The van der Waals surface area contributed by atoms with Gasteiger partial charge in [0.05, 0.1) is 28.5 Å². The SMILES string of the molecule is CCOC(=O)c1ccc(N=C2S/C(=C\C3C(=O)NC(=S)N(c4ccccc4)C3=O)C(=O)N2C)cc1. The van der Waals surface area contributed by atoms with Crippen LogP contribution in [0.3, 0.4) is 0 Å². The number of amides is 3. The molecule has 0 bridgehead atoms. The summed E-state index contributed by atoms with van der Waals surface area (Å²) in [5, 5.41) is 2.88. The molecule has 2 aliphatic heterocycles. The van der Waals surface area contributed by atoms with Crippen LogP contribution in [-0.2, 0) is 19.1 Å². The quantitative estimate of drug-likeness (QED) is 0.286. The molecule has 1 atom stereocenters. The van der Waals surface area contributed by atoms with Crippen LogP contribution in [0.15, 0.2) is 70.6 Å². The zero-order valence-electron chi connectivity index (χ0n) is 18.8. The van der Waals surface area contributed by atoms with Gasteiger partial charge < -0.3 is 10.1 Å². The van der Waals surface area contributed by atoms with E-state index in [1.807, 2.05) is 0 Å². The number of likely N-dealkylation sites (N-methyl/N-ethyl adjacent to an activating group) is 1. The summed E-state index contributed by atoms with van der Waals surface area (Å²) in [6.07, 6.45) is 1.34. The van der Waals surface area contributed by atoms with Crippen molar-refractivity contribution in [1.82, 2.24) is 10.2 Å². The average Bonchev–Trinajstić information content (AvgIpc) is 3.10. The van der Waals surface area contributed by atoms with Gasteiger partial charge in [0.1, 0.15) is 5.92 Å². The molecule has 0 aliphatic carbocycles. The number of carbonyl (C=O) groups excluding carboxylic acids is 4. The van der Waals surface area contributed by atoms with Gasteiger partial charge in [-0.25, -0.2) is 9.79 Å². The van der Waals surface area contributed by atoms with Crippen LogP contribution in [0.2, 0.25) is 0 Å². The van der Waals surface area contributed by atoms with Crippen LogP contribution >= 0.6 is 24.0 Å². The fourth-order valence-corrected chi connectivity index (χ4v) is 4.66. The van der Waals surface area contributed by atoms with Crippen molar-refractivity contribution in [2.24, 2.45) is 10.9 Å². The van der Waals surface area contributed by atoms with Gasteiger partial charge in [-0.05, 0) is 73.4 Å². The van der Waals surface area contributed by atoms with E-state index in [2.05, 4.69) is 10.3 Å². The first-order valence-corrected chi connectivity index (χ1v) is 11.8. The van der Waals surface area contributed by atoms with Crippen molar-refractivity contribution in [2.75, 3.05) is 18.6 Å². The molecule has 1 unspecified atom stereocenters. The Morgan fingerprint density at radius 1 is 1.14 bits per heavy atom. The van der Waals surface area contributed by atoms with Crippen LogP contribution in [0.4, 0.5) is 11.4 Å². The van der Waals surface area contributed by atoms with Gasteiger partial charge in [-0.3, -0.25) is 24.2 Å². The average molecular weight is 509 g/mol. The lowest BCUT2D eigenvalue weighted by molar-refractivity contribution is -0.131. The van der Waals surface area contributed by atoms with Crippen molar-refractivity contribution < 1.29 is 23.9 Å². The second kappa shape index (κ2) is 10.2. The highest BCUT2D eigenvalue weighted by molar-refractivity contribution is 8.18. The first-order valence-electron chi connectivity index (χ1n) is 10.6. The topological polar surface area (TPSA) is 108 Å². The Morgan fingerprint density at radius 3 is 2.49 bits per heavy atom. The molecular weight excluding hydrogens is 488 g/mol. The molecule has 0 saturated carbocycles. The highest BCUT2D eigenvalue weighted by atomic mass is 32.2. The molecule has 0 aromatic heterocycles. The van der Waals surface area contributed by atoms with Crippen molar-refractivity contribution in [2.45, 2.75) is 6.92 Å². The molecular formula is C24H20N4O5S2. The normalized spacial score (nSPS) is 20.6. The summed E-state index contributed by atoms with van der Waals surface area (Å²) in [6.45, 7) is 2.00. The summed E-state index contributed by atoms with van der Waals surface area (Å²) in [4.78, 5) is 57.6. The van der Waals surface area contributed by atoms with Crippen LogP contribution in [-0.4, -0.2) is 52.5 Å². The molecule has 178 valence electrons. The summed E-state index contributed by atoms with van der Waals surface area (Å²) in [6, 6.07) is 15.1. The molecule has 9 nitrogen and oxygen atoms in total. The van der Waals surface area contributed by atoms with E-state index >= 15 is 0 Å². The lowest BCUT2D eigenvalue weighted by Crippen LogP contribution is -2.57. The molecule has 0 radical (unpaired) electrons. The molecule has 2 heterocycles. The summed E-state index contributed by atoms with van der Waals surface area (Å²) in [7, 11) is 1.55. The molecule has 2 fully saturated rings. The van der Waals surface area contributed by atoms with Gasteiger partial charge in [-0.15, -0.1) is 0 Å². The number of esters is 1. The van der Waals surface area contributed by atoms with Crippen LogP contribution in [0, 0.1) is 5.92 Å². The fraction of sp³-hybridized carbons (Fsp3) is 0.167. The van der Waals surface area contributed by atoms with E-state index in [4.69, 9.17) is 17.0 Å². The minimum atomic E-state index is -1.23. The van der Waals surface area contributed by atoms with Gasteiger partial charge in [-0.1, -0.05) is 18.2 Å². The van der Waals surface area contributed by atoms with Gasteiger partial charge in [0.15, 0.2) is 10.3 Å². The van der Waals surface area contributed by atoms with Gasteiger partial charge >= 0.3 is 5.97 Å². The van der Waals surface area contributed by atoms with Crippen molar-refractivity contribution in [3.8, 4) is 0 Å². The molecule has 1 N–H and O–H groups in total. The molecule has 2 aliphatic rings. The monoisotopic (exact) mass is 508 g/mol. The number of para-hydroxylation sites is 1. The first-order chi connectivity index (χ1) is 16.8. The number of anilines is 1. The van der Waals surface area contributed by atoms with E-state index in [0.717, 1.165) is 11.8 Å². The van der Waals surface area contributed by atoms with Gasteiger partial charge in [0.25, 0.3) is 5.91 Å². The number of thioether (sulfide) groups is 1. The van der Waals surface area contributed by atoms with E-state index < -0.39 is 29.6 Å². The zero-order chi connectivity index (χ0) is 25.1. The third kappa shape index (κ3) is 5.00. The second-order valence-electron chi connectivity index (χ2n) is 7.44. The minimum Gasteiger partial charge on any atom is -0.462 e. The molecule has 11 heteroatoms. The summed E-state index contributed by atoms with van der Waals surface area (Å²) >= 11 is 6.24. The predicted molar refractivity (Wildman–Crippen MR) is 136 cm³/mol. The van der Waals surface area contributed by atoms with E-state index in [1.54, 1.807) is 68.6 Å². The molecule has 2 aromatic rings. The predicted octanol–water partition coefficient (Wildman–Crippen LogP) is 3.00. The van der Waals surface area contributed by atoms with Gasteiger partial charge in [-0.2, -0.15) is 0 Å². The number of hydrogen-bond acceptors (Lipinski definition) is 8. The van der Waals surface area contributed by atoms with Crippen LogP contribution in [0.1, 0.15) is 17.3 Å². The Labute approximate surface area is 210 Å². The highest BCUT2D eigenvalue weighted by Crippen LogP contribution is 2.34. The first kappa shape index (κ1) is 24.3. The van der Waals surface area contributed by atoms with Crippen LogP contribution in [0.25, 0.3) is 0 Å². The van der Waals surface area contributed by atoms with E-state index in [1.165, 1.54) is 15.9 Å². The Hall–Kier alpha value is -3.83. The third-order valence-electron chi connectivity index (χ3n) is 5.14. The number of aliphatic imine (C=N–C) groups is 1. The standard InChI is InChI=1S/C24H20N4O5S2/c1-3-33-22(32)14-9-11-15(12-10-14)25-24-27(2)21(31)18(35-24)13-17-19(29)26-23(34)28(20(17)30)16-7-5-4-6-8-16/h4-13,17H,3H2,1-2H3,(H,26,29,34)/b18-13-,25-24?. The maximum Gasteiger partial charge on any atom is 0.338 e. The molecule has 2 saturated heterocycles. The van der Waals surface area contributed by atoms with Crippen molar-refractivity contribution in [1.29, 1.82) is 0 Å². The number of carbonyl (C=O) groups is 4. The number of nitrogens with one attached hydrogen (secondary N) is 1.